The second-order valence-electron chi connectivity index (χ2n) is 7.31. The van der Waals surface area contributed by atoms with Gasteiger partial charge in [-0.3, -0.25) is 9.59 Å². The maximum Gasteiger partial charge on any atom is 0.298 e. The van der Waals surface area contributed by atoms with Crippen molar-refractivity contribution in [3.8, 4) is 12.3 Å². The molecule has 0 spiro atoms. The number of nitrogens with zero attached hydrogens (tertiary/aromatic N) is 2. The molecule has 0 aliphatic carbocycles. The van der Waals surface area contributed by atoms with E-state index in [1.807, 2.05) is 13.0 Å². The summed E-state index contributed by atoms with van der Waals surface area (Å²) in [5.41, 5.74) is 10.7. The molecular weight excluding hydrogens is 340 g/mol. The zero-order chi connectivity index (χ0) is 19.7. The van der Waals surface area contributed by atoms with Gasteiger partial charge in [0.1, 0.15) is 0 Å². The lowest BCUT2D eigenvalue weighted by Crippen LogP contribution is -2.48. The summed E-state index contributed by atoms with van der Waals surface area (Å²) in [6.07, 6.45) is 7.41. The number of rotatable bonds is 4. The van der Waals surface area contributed by atoms with Gasteiger partial charge in [0, 0.05) is 42.9 Å². The Morgan fingerprint density at radius 1 is 1.41 bits per heavy atom. The number of aryl methyl sites for hydroxylation is 2. The smallest absolute Gasteiger partial charge is 0.298 e. The number of carbonyl (C=O) groups excluding carboxylic acids is 2. The molecule has 1 aliphatic rings. The van der Waals surface area contributed by atoms with Crippen LogP contribution in [0.15, 0.2) is 12.1 Å². The van der Waals surface area contributed by atoms with Crippen LogP contribution in [0.4, 0.5) is 5.69 Å². The van der Waals surface area contributed by atoms with E-state index in [0.717, 1.165) is 53.8 Å². The lowest BCUT2D eigenvalue weighted by molar-refractivity contribution is -0.126. The number of likely N-dealkylation sites (N-methyl/N-ethyl adjacent to an activating group) is 1. The molecule has 3 rings (SSSR count). The van der Waals surface area contributed by atoms with Crippen LogP contribution in [0, 0.1) is 26.2 Å². The van der Waals surface area contributed by atoms with Crippen molar-refractivity contribution in [1.29, 1.82) is 0 Å². The van der Waals surface area contributed by atoms with Crippen LogP contribution >= 0.6 is 0 Å². The van der Waals surface area contributed by atoms with Gasteiger partial charge in [-0.05, 0) is 49.8 Å². The molecular formula is C21H26N4O2. The highest BCUT2D eigenvalue weighted by Gasteiger charge is 2.27. The van der Waals surface area contributed by atoms with Crippen LogP contribution in [0.2, 0.25) is 0 Å². The number of nitrogens with one attached hydrogen (secondary N) is 1. The molecule has 0 bridgehead atoms. The molecule has 1 fully saturated rings. The van der Waals surface area contributed by atoms with Gasteiger partial charge in [-0.15, -0.1) is 6.42 Å². The van der Waals surface area contributed by atoms with Crippen molar-refractivity contribution in [2.24, 2.45) is 5.73 Å². The Morgan fingerprint density at radius 3 is 2.81 bits per heavy atom. The Morgan fingerprint density at radius 2 is 2.15 bits per heavy atom. The van der Waals surface area contributed by atoms with Crippen molar-refractivity contribution in [3.63, 3.8) is 0 Å². The highest BCUT2D eigenvalue weighted by molar-refractivity contribution is 5.99. The molecule has 6 heteroatoms. The second-order valence-corrected chi connectivity index (χ2v) is 7.31. The molecule has 2 aromatic rings. The normalized spacial score (nSPS) is 17.0. The average Bonchev–Trinajstić information content (AvgIpc) is 2.96. The number of primary amides is 1. The van der Waals surface area contributed by atoms with E-state index in [4.69, 9.17) is 12.2 Å². The van der Waals surface area contributed by atoms with Gasteiger partial charge in [0.25, 0.3) is 5.91 Å². The van der Waals surface area contributed by atoms with E-state index in [1.54, 1.807) is 11.9 Å². The first-order valence-corrected chi connectivity index (χ1v) is 9.20. The van der Waals surface area contributed by atoms with Crippen molar-refractivity contribution in [2.75, 3.05) is 25.0 Å². The van der Waals surface area contributed by atoms with Crippen molar-refractivity contribution in [3.05, 3.63) is 29.0 Å². The maximum absolute atomic E-state index is 11.9. The summed E-state index contributed by atoms with van der Waals surface area (Å²) in [6.45, 7) is 5.77. The minimum atomic E-state index is -0.346. The van der Waals surface area contributed by atoms with Crippen LogP contribution < -0.4 is 10.6 Å². The van der Waals surface area contributed by atoms with Gasteiger partial charge in [0.2, 0.25) is 5.91 Å². The van der Waals surface area contributed by atoms with Crippen molar-refractivity contribution in [1.82, 2.24) is 9.88 Å². The molecule has 142 valence electrons. The number of terminal acetylenes is 1. The van der Waals surface area contributed by atoms with Crippen LogP contribution in [-0.2, 0) is 16.0 Å². The van der Waals surface area contributed by atoms with Gasteiger partial charge in [0.05, 0.1) is 11.9 Å². The number of piperidine rings is 1. The fourth-order valence-electron chi connectivity index (χ4n) is 3.98. The number of H-pyrrole nitrogens is 1. The number of anilines is 1. The lowest BCUT2D eigenvalue weighted by Gasteiger charge is -2.38. The first-order chi connectivity index (χ1) is 12.8. The molecule has 2 heterocycles. The zero-order valence-corrected chi connectivity index (χ0v) is 16.1. The number of aromatic nitrogens is 1. The van der Waals surface area contributed by atoms with E-state index >= 15 is 0 Å². The largest absolute Gasteiger partial charge is 0.369 e. The van der Waals surface area contributed by atoms with Crippen LogP contribution in [0.3, 0.4) is 0 Å². The quantitative estimate of drug-likeness (QED) is 0.811. The van der Waals surface area contributed by atoms with Gasteiger partial charge in [-0.25, -0.2) is 0 Å². The summed E-state index contributed by atoms with van der Waals surface area (Å²) in [6, 6.07) is 4.12. The molecule has 2 amide bonds. The van der Waals surface area contributed by atoms with E-state index in [0.29, 0.717) is 0 Å². The molecule has 0 saturated carbocycles. The Labute approximate surface area is 159 Å². The van der Waals surface area contributed by atoms with Crippen LogP contribution in [0.5, 0.6) is 0 Å². The number of benzene rings is 1. The molecule has 1 saturated heterocycles. The van der Waals surface area contributed by atoms with Crippen molar-refractivity contribution in [2.45, 2.75) is 39.2 Å². The summed E-state index contributed by atoms with van der Waals surface area (Å²) in [5.74, 6) is 1.58. The molecule has 1 atom stereocenters. The topological polar surface area (TPSA) is 82.4 Å². The summed E-state index contributed by atoms with van der Waals surface area (Å²) >= 11 is 0. The predicted molar refractivity (Wildman–Crippen MR) is 108 cm³/mol. The maximum atomic E-state index is 11.9. The monoisotopic (exact) mass is 366 g/mol. The number of nitrogens with two attached hydrogens (primary N) is 1. The number of fused-ring (bicyclic) bond motifs is 1. The number of amides is 2. The number of hydrogen-bond donors (Lipinski definition) is 2. The Hall–Kier alpha value is -2.94. The van der Waals surface area contributed by atoms with E-state index in [2.05, 4.69) is 28.8 Å². The fraction of sp³-hybridized carbons (Fsp3) is 0.429. The van der Waals surface area contributed by atoms with Crippen molar-refractivity contribution < 1.29 is 9.59 Å². The van der Waals surface area contributed by atoms with Crippen LogP contribution in [0.25, 0.3) is 10.9 Å². The van der Waals surface area contributed by atoms with Crippen LogP contribution in [-0.4, -0.2) is 47.9 Å². The summed E-state index contributed by atoms with van der Waals surface area (Å²) in [7, 11) is 1.77. The molecule has 1 unspecified atom stereocenters. The van der Waals surface area contributed by atoms with Crippen LogP contribution in [0.1, 0.15) is 29.7 Å². The van der Waals surface area contributed by atoms with Crippen molar-refractivity contribution >= 4 is 28.4 Å². The second kappa shape index (κ2) is 7.36. The number of aromatic amines is 1. The lowest BCUT2D eigenvalue weighted by atomic mass is 9.99. The number of hydrogen-bond acceptors (Lipinski definition) is 3. The first-order valence-electron chi connectivity index (χ1n) is 9.20. The van der Waals surface area contributed by atoms with E-state index in [1.165, 1.54) is 5.56 Å². The first kappa shape index (κ1) is 18.8. The molecule has 27 heavy (non-hydrogen) atoms. The third-order valence-corrected chi connectivity index (χ3v) is 5.61. The Balaban J connectivity index is 2.00. The number of carbonyl (C=O) groups is 2. The highest BCUT2D eigenvalue weighted by Crippen LogP contribution is 2.35. The minimum Gasteiger partial charge on any atom is -0.369 e. The van der Waals surface area contributed by atoms with Gasteiger partial charge in [0.15, 0.2) is 0 Å². The van der Waals surface area contributed by atoms with Gasteiger partial charge in [-0.2, -0.15) is 0 Å². The Bertz CT molecular complexity index is 938. The van der Waals surface area contributed by atoms with Gasteiger partial charge < -0.3 is 20.5 Å². The molecule has 1 aliphatic heterocycles. The molecule has 1 aromatic carbocycles. The van der Waals surface area contributed by atoms with E-state index in [9.17, 15) is 9.59 Å². The van der Waals surface area contributed by atoms with E-state index < -0.39 is 0 Å². The Kier molecular flexibility index (Phi) is 5.13. The molecule has 1 aromatic heterocycles. The fourth-order valence-corrected chi connectivity index (χ4v) is 3.98. The van der Waals surface area contributed by atoms with Gasteiger partial charge >= 0.3 is 0 Å². The van der Waals surface area contributed by atoms with Gasteiger partial charge in [-0.1, -0.05) is 6.07 Å². The third-order valence-electron chi connectivity index (χ3n) is 5.61. The predicted octanol–water partition coefficient (Wildman–Crippen LogP) is 1.87. The molecule has 3 N–H and O–H groups in total. The zero-order valence-electron chi connectivity index (χ0n) is 16.1. The standard InChI is InChI=1S/C21H26N4O2/c1-5-19(27)24(4)16-7-6-10-25(12-16)17-9-8-15(11-18(22)26)21-20(17)13(2)14(3)23-21/h1,8-9,16,23H,6-7,10-12H2,2-4H3,(H2,22,26). The van der Waals surface area contributed by atoms with E-state index in [-0.39, 0.29) is 24.3 Å². The average molecular weight is 366 g/mol. The molecule has 6 nitrogen and oxygen atoms in total. The molecule has 0 radical (unpaired) electrons. The summed E-state index contributed by atoms with van der Waals surface area (Å²) in [5, 5.41) is 1.12. The summed E-state index contributed by atoms with van der Waals surface area (Å²) in [4.78, 5) is 30.7. The highest BCUT2D eigenvalue weighted by atomic mass is 16.2. The summed E-state index contributed by atoms with van der Waals surface area (Å²) < 4.78 is 0. The SMILES string of the molecule is C#CC(=O)N(C)C1CCCN(c2ccc(CC(N)=O)c3[nH]c(C)c(C)c23)C1. The third kappa shape index (κ3) is 3.50. The minimum absolute atomic E-state index is 0.0861.